The number of hydrogen-bond donors (Lipinski definition) is 0. The van der Waals surface area contributed by atoms with Crippen molar-refractivity contribution in [2.75, 3.05) is 0 Å². The predicted octanol–water partition coefficient (Wildman–Crippen LogP) is 14.3. The zero-order valence-corrected chi connectivity index (χ0v) is 41.6. The lowest BCUT2D eigenvalue weighted by molar-refractivity contribution is 0.954. The van der Waals surface area contributed by atoms with E-state index in [2.05, 4.69) is 270 Å². The lowest BCUT2D eigenvalue weighted by Crippen LogP contribution is -2.74. The minimum atomic E-state index is -2.91. The second-order valence-corrected chi connectivity index (χ2v) is 23.6. The predicted molar refractivity (Wildman–Crippen MR) is 316 cm³/mol. The Labute approximate surface area is 432 Å². The van der Waals surface area contributed by atoms with Gasteiger partial charge in [0.1, 0.15) is 0 Å². The third-order valence-corrected chi connectivity index (χ3v) is 20.8. The maximum absolute atomic E-state index is 5.67. The molecule has 11 aromatic carbocycles. The molecule has 5 nitrogen and oxygen atoms in total. The molecule has 0 N–H and O–H groups in total. The summed E-state index contributed by atoms with van der Waals surface area (Å²) in [7, 11) is -2.91. The van der Waals surface area contributed by atoms with Gasteiger partial charge in [-0.25, -0.2) is 4.98 Å². The van der Waals surface area contributed by atoms with E-state index in [1.807, 2.05) is 0 Å². The van der Waals surface area contributed by atoms with Crippen LogP contribution in [0.25, 0.3) is 121 Å². The van der Waals surface area contributed by atoms with Crippen LogP contribution in [0.4, 0.5) is 0 Å². The van der Waals surface area contributed by atoms with Gasteiger partial charge in [-0.1, -0.05) is 243 Å². The summed E-state index contributed by atoms with van der Waals surface area (Å²) in [4.78, 5) is 16.9. The van der Waals surface area contributed by atoms with Crippen LogP contribution >= 0.6 is 0 Å². The molecule has 6 heteroatoms. The molecule has 0 saturated carbocycles. The Morgan fingerprint density at radius 3 is 1.24 bits per heavy atom. The Hall–Kier alpha value is -9.75. The normalized spacial score (nSPS) is 12.3. The maximum Gasteiger partial charge on any atom is 0.238 e. The van der Waals surface area contributed by atoms with Gasteiger partial charge in [0.05, 0.1) is 27.6 Å². The van der Waals surface area contributed by atoms with Gasteiger partial charge in [-0.2, -0.15) is 9.97 Å². The second kappa shape index (κ2) is 16.1. The Kier molecular flexibility index (Phi) is 8.99. The maximum atomic E-state index is 5.67. The summed E-state index contributed by atoms with van der Waals surface area (Å²) < 4.78 is 4.79. The fourth-order valence-electron chi connectivity index (χ4n) is 13.0. The highest BCUT2D eigenvalue weighted by molar-refractivity contribution is 7.19. The van der Waals surface area contributed by atoms with Gasteiger partial charge in [0.2, 0.25) is 5.95 Å². The average Bonchev–Trinajstić information content (AvgIpc) is 4.17. The molecule has 5 aromatic heterocycles. The monoisotopic (exact) mass is 969 g/mol. The lowest BCUT2D eigenvalue weighted by atomic mass is 10.00. The molecule has 0 fully saturated rings. The number of fused-ring (bicyclic) bond motifs is 10. The summed E-state index contributed by atoms with van der Waals surface area (Å²) in [6.07, 6.45) is 0. The van der Waals surface area contributed by atoms with Crippen LogP contribution in [0.5, 0.6) is 0 Å². The summed E-state index contributed by atoms with van der Waals surface area (Å²) >= 11 is 0. The molecule has 75 heavy (non-hydrogen) atoms. The molecule has 348 valence electrons. The molecule has 16 aromatic rings. The quantitative estimate of drug-likeness (QED) is 0.118. The standard InChI is InChI=1S/C69H43N5Si/c1-4-22-45(23-5-1)75(46-24-6-2-7-25-46,47-26-8-3-9-27-47)48-28-18-21-44(43-48)67-70-68(72-69(71-67)73-61-39-16-14-33-53(61)54-34-15-17-40-62(54)73)60-42-41-58-57-37-19-35-55-51-31-12-10-29-49(51)50-30-11-13-32-52(50)56-36-20-38-59-63(60)66(58)74(64(55)57)65(56)59/h1-43H. The molecule has 0 radical (unpaired) electrons. The van der Waals surface area contributed by atoms with Crippen LogP contribution < -0.4 is 20.7 Å². The first-order valence-electron chi connectivity index (χ1n) is 25.7. The molecular formula is C69H43N5Si. The fourth-order valence-corrected chi connectivity index (χ4v) is 17.8. The van der Waals surface area contributed by atoms with E-state index < -0.39 is 8.07 Å². The first-order chi connectivity index (χ1) is 37.2. The van der Waals surface area contributed by atoms with Crippen molar-refractivity contribution >= 4 is 121 Å². The van der Waals surface area contributed by atoms with Crippen LogP contribution in [-0.4, -0.2) is 32.0 Å². The zero-order valence-electron chi connectivity index (χ0n) is 40.6. The molecule has 0 amide bonds. The SMILES string of the molecule is c1ccc([Si](c2ccccc2)(c2ccccc2)c2cccc(-c3nc(-c4ccc5c6cccc7c8ccccc8c8ccccc8c8cccc9c4c5n(c76)c89)nc(-n4c5ccccc5c5ccccc54)n3)c2)cc1. The number of hydrogen-bond acceptors (Lipinski definition) is 3. The average molecular weight is 970 g/mol. The molecule has 0 aliphatic carbocycles. The molecule has 0 spiro atoms. The van der Waals surface area contributed by atoms with E-state index in [1.54, 1.807) is 0 Å². The third-order valence-electron chi connectivity index (χ3n) is 16.0. The first kappa shape index (κ1) is 41.8. The Bertz CT molecular complexity index is 4800. The van der Waals surface area contributed by atoms with E-state index >= 15 is 0 Å². The van der Waals surface area contributed by atoms with E-state index in [0.717, 1.165) is 43.7 Å². The summed E-state index contributed by atoms with van der Waals surface area (Å²) in [5.74, 6) is 1.79. The second-order valence-electron chi connectivity index (χ2n) is 19.8. The molecule has 5 heterocycles. The van der Waals surface area contributed by atoms with Gasteiger partial charge in [0.25, 0.3) is 0 Å². The van der Waals surface area contributed by atoms with E-state index in [-0.39, 0.29) is 0 Å². The van der Waals surface area contributed by atoms with Gasteiger partial charge >= 0.3 is 0 Å². The molecule has 0 aliphatic heterocycles. The van der Waals surface area contributed by atoms with Crippen molar-refractivity contribution in [2.45, 2.75) is 0 Å². The highest BCUT2D eigenvalue weighted by atomic mass is 28.3. The number of para-hydroxylation sites is 4. The smallest absolute Gasteiger partial charge is 0.238 e. The number of rotatable bonds is 7. The lowest BCUT2D eigenvalue weighted by Gasteiger charge is -2.34. The van der Waals surface area contributed by atoms with Crippen LogP contribution in [0.1, 0.15) is 0 Å². The van der Waals surface area contributed by atoms with Gasteiger partial charge < -0.3 is 4.40 Å². The number of aromatic nitrogens is 5. The van der Waals surface area contributed by atoms with Crippen molar-refractivity contribution in [3.05, 3.63) is 261 Å². The van der Waals surface area contributed by atoms with E-state index in [4.69, 9.17) is 15.0 Å². The topological polar surface area (TPSA) is 48.0 Å². The molecular weight excluding hydrogens is 927 g/mol. The summed E-state index contributed by atoms with van der Waals surface area (Å²) in [6.45, 7) is 0. The molecule has 0 saturated heterocycles. The van der Waals surface area contributed by atoms with Crippen molar-refractivity contribution in [1.29, 1.82) is 0 Å². The minimum absolute atomic E-state index is 0.567. The van der Waals surface area contributed by atoms with Crippen molar-refractivity contribution in [3.8, 4) is 28.7 Å². The van der Waals surface area contributed by atoms with Gasteiger partial charge in [-0.05, 0) is 60.5 Å². The van der Waals surface area contributed by atoms with Crippen LogP contribution in [0.2, 0.25) is 0 Å². The van der Waals surface area contributed by atoms with Crippen LogP contribution in [0, 0.1) is 0 Å². The molecule has 0 unspecified atom stereocenters. The first-order valence-corrected chi connectivity index (χ1v) is 27.7. The highest BCUT2D eigenvalue weighted by Crippen LogP contribution is 2.47. The van der Waals surface area contributed by atoms with E-state index in [9.17, 15) is 0 Å². The van der Waals surface area contributed by atoms with Gasteiger partial charge in [-0.15, -0.1) is 0 Å². The van der Waals surface area contributed by atoms with Gasteiger partial charge in [0.15, 0.2) is 19.7 Å². The van der Waals surface area contributed by atoms with Gasteiger partial charge in [0, 0.05) is 54.2 Å². The molecule has 0 aliphatic rings. The van der Waals surface area contributed by atoms with Crippen molar-refractivity contribution in [3.63, 3.8) is 0 Å². The molecule has 0 atom stereocenters. The Morgan fingerprint density at radius 2 is 0.680 bits per heavy atom. The summed E-state index contributed by atoms with van der Waals surface area (Å²) in [5, 5.41) is 19.4. The Morgan fingerprint density at radius 1 is 0.280 bits per heavy atom. The van der Waals surface area contributed by atoms with Crippen molar-refractivity contribution in [1.82, 2.24) is 23.9 Å². The largest absolute Gasteiger partial charge is 0.307 e. The van der Waals surface area contributed by atoms with Crippen LogP contribution in [0.15, 0.2) is 261 Å². The van der Waals surface area contributed by atoms with Crippen LogP contribution in [0.3, 0.4) is 0 Å². The molecule has 0 bridgehead atoms. The van der Waals surface area contributed by atoms with E-state index in [0.29, 0.717) is 17.6 Å². The molecule has 16 rings (SSSR count). The van der Waals surface area contributed by atoms with Gasteiger partial charge in [-0.3, -0.25) is 4.57 Å². The van der Waals surface area contributed by atoms with E-state index in [1.165, 1.54) is 80.4 Å². The highest BCUT2D eigenvalue weighted by Gasteiger charge is 2.41. The summed E-state index contributed by atoms with van der Waals surface area (Å²) in [5.41, 5.74) is 7.51. The minimum Gasteiger partial charge on any atom is -0.307 e. The number of nitrogens with zero attached hydrogens (tertiary/aromatic N) is 5. The number of benzene rings is 11. The van der Waals surface area contributed by atoms with Crippen molar-refractivity contribution in [2.24, 2.45) is 0 Å². The fraction of sp³-hybridized carbons (Fsp3) is 0. The van der Waals surface area contributed by atoms with Crippen LogP contribution in [-0.2, 0) is 0 Å². The third kappa shape index (κ3) is 5.91. The van der Waals surface area contributed by atoms with Crippen molar-refractivity contribution < 1.29 is 0 Å². The Balaban J connectivity index is 1.03. The summed E-state index contributed by atoms with van der Waals surface area (Å²) in [6, 6.07) is 95.5. The zero-order chi connectivity index (χ0) is 49.2.